The number of fused-ring (bicyclic) bond motifs is 2. The third kappa shape index (κ3) is 6.56. The number of oxime groups is 1. The fourth-order valence-corrected chi connectivity index (χ4v) is 8.19. The lowest BCUT2D eigenvalue weighted by Crippen LogP contribution is -2.62. The lowest BCUT2D eigenvalue weighted by Gasteiger charge is -2.56. The van der Waals surface area contributed by atoms with Gasteiger partial charge in [0.2, 0.25) is 12.1 Å². The Morgan fingerprint density at radius 3 is 2.67 bits per heavy atom. The molecule has 3 heterocycles. The van der Waals surface area contributed by atoms with Gasteiger partial charge in [-0.1, -0.05) is 42.6 Å². The van der Waals surface area contributed by atoms with Crippen molar-refractivity contribution in [2.24, 2.45) is 22.9 Å². The largest absolute Gasteiger partial charge is 0.508 e. The first-order valence-corrected chi connectivity index (χ1v) is 17.4. The lowest BCUT2D eigenvalue weighted by atomic mass is 9.55. The summed E-state index contributed by atoms with van der Waals surface area (Å²) in [5, 5.41) is 56.6. The maximum atomic E-state index is 13.0. The van der Waals surface area contributed by atoms with Crippen molar-refractivity contribution < 1.29 is 34.7 Å². The fraction of sp³-hybridized carbons (Fsp3) is 0.686. The average Bonchev–Trinajstić information content (AvgIpc) is 3.53. The number of benzene rings is 1. The van der Waals surface area contributed by atoms with Gasteiger partial charge in [-0.2, -0.15) is 0 Å². The number of phenolic OH excluding ortho intramolecular Hbond substituents is 1. The van der Waals surface area contributed by atoms with Crippen LogP contribution in [-0.4, -0.2) is 73.0 Å². The highest BCUT2D eigenvalue weighted by Gasteiger charge is 2.63. The van der Waals surface area contributed by atoms with Crippen LogP contribution in [0.2, 0.25) is 0 Å². The number of aliphatic hydroxyl groups excluding tert-OH is 2. The van der Waals surface area contributed by atoms with Gasteiger partial charge in [0.25, 0.3) is 0 Å². The maximum absolute atomic E-state index is 13.0. The van der Waals surface area contributed by atoms with Gasteiger partial charge < -0.3 is 34.7 Å². The molecule has 2 aromatic rings. The van der Waals surface area contributed by atoms with Crippen molar-refractivity contribution in [1.82, 2.24) is 15.0 Å². The molecular formula is C35H50N4O7. The number of hydrogen-bond acceptors (Lipinski definition) is 10. The van der Waals surface area contributed by atoms with E-state index >= 15 is 0 Å². The van der Waals surface area contributed by atoms with Crippen molar-refractivity contribution in [3.8, 4) is 11.5 Å². The Labute approximate surface area is 271 Å². The number of allylic oxidation sites excluding steroid dienone is 1. The second-order valence-electron chi connectivity index (χ2n) is 13.4. The van der Waals surface area contributed by atoms with Gasteiger partial charge in [-0.15, -0.1) is 5.10 Å². The molecule has 2 aliphatic heterocycles. The number of nitrogens with zero attached hydrogens (tertiary/aromatic N) is 4. The van der Waals surface area contributed by atoms with E-state index in [1.165, 1.54) is 0 Å². The van der Waals surface area contributed by atoms with E-state index in [1.54, 1.807) is 24.4 Å². The number of ether oxygens (including phenoxy) is 2. The van der Waals surface area contributed by atoms with E-state index in [9.17, 15) is 20.4 Å². The predicted octanol–water partition coefficient (Wildman–Crippen LogP) is 5.15. The molecule has 7 unspecified atom stereocenters. The van der Waals surface area contributed by atoms with Crippen LogP contribution in [-0.2, 0) is 16.0 Å². The first kappa shape index (κ1) is 32.9. The van der Waals surface area contributed by atoms with Gasteiger partial charge in [0.15, 0.2) is 0 Å². The van der Waals surface area contributed by atoms with Gasteiger partial charge in [-0.3, -0.25) is 0 Å². The smallest absolute Gasteiger partial charge is 0.238 e. The molecule has 2 fully saturated rings. The Balaban J connectivity index is 1.51. The molecule has 0 amide bonds. The normalized spacial score (nSPS) is 31.1. The van der Waals surface area contributed by atoms with E-state index in [4.69, 9.17) is 19.5 Å². The van der Waals surface area contributed by atoms with Gasteiger partial charge in [-0.05, 0) is 87.0 Å². The number of rotatable bonds is 14. The summed E-state index contributed by atoms with van der Waals surface area (Å²) in [4.78, 5) is 6.07. The quantitative estimate of drug-likeness (QED) is 0.163. The first-order valence-electron chi connectivity index (χ1n) is 17.4. The van der Waals surface area contributed by atoms with E-state index < -0.39 is 24.0 Å². The van der Waals surface area contributed by atoms with E-state index in [0.29, 0.717) is 31.6 Å². The summed E-state index contributed by atoms with van der Waals surface area (Å²) in [6.07, 6.45) is 14.3. The van der Waals surface area contributed by atoms with Crippen LogP contribution in [0.25, 0.3) is 0 Å². The van der Waals surface area contributed by atoms with E-state index in [0.717, 1.165) is 86.8 Å². The van der Waals surface area contributed by atoms with Crippen LogP contribution < -0.4 is 4.74 Å². The summed E-state index contributed by atoms with van der Waals surface area (Å²) in [7, 11) is 0. The minimum absolute atomic E-state index is 0.0906. The molecule has 11 heteroatoms. The molecule has 0 bridgehead atoms. The highest BCUT2D eigenvalue weighted by atomic mass is 16.8. The molecule has 7 atom stereocenters. The number of phenols is 1. The predicted molar refractivity (Wildman–Crippen MR) is 171 cm³/mol. The summed E-state index contributed by atoms with van der Waals surface area (Å²) < 4.78 is 14.4. The van der Waals surface area contributed by atoms with E-state index in [-0.39, 0.29) is 36.7 Å². The summed E-state index contributed by atoms with van der Waals surface area (Å²) >= 11 is 0. The van der Waals surface area contributed by atoms with Crippen molar-refractivity contribution in [2.45, 2.75) is 114 Å². The number of aromatic nitrogens is 3. The molecule has 4 aliphatic rings. The molecule has 252 valence electrons. The minimum Gasteiger partial charge on any atom is -0.508 e. The zero-order valence-corrected chi connectivity index (χ0v) is 27.0. The van der Waals surface area contributed by atoms with Crippen molar-refractivity contribution >= 4 is 5.71 Å². The van der Waals surface area contributed by atoms with Gasteiger partial charge >= 0.3 is 0 Å². The molecule has 46 heavy (non-hydrogen) atoms. The maximum Gasteiger partial charge on any atom is 0.238 e. The van der Waals surface area contributed by atoms with E-state index in [2.05, 4.69) is 23.3 Å². The van der Waals surface area contributed by atoms with Gasteiger partial charge in [0.05, 0.1) is 30.1 Å². The summed E-state index contributed by atoms with van der Waals surface area (Å²) in [6.45, 7) is 3.04. The SMILES string of the molecule is CCCCc1cnnn1C1CC(=NOC2CCCCO2)C2=CC(CCCCO)C(CCCCO)C3c4cc(O)ccc4OC1(O)C23. The Morgan fingerprint density at radius 2 is 1.91 bits per heavy atom. The summed E-state index contributed by atoms with van der Waals surface area (Å²) in [5.74, 6) is -1.50. The standard InChI is InChI=1S/C35H50N4O7/c1-2-3-11-24-22-36-38-39(24)31-21-29(37-46-32-13-6-9-18-44-32)27-19-23(10-4-7-16-40)26(12-5-8-17-41)33-28-20-25(42)14-15-30(28)45-35(31,43)34(27)33/h14-15,19-20,22-23,26,31-34,40-43H,2-13,16-18,21H2,1H3. The topological polar surface area (TPSA) is 152 Å². The van der Waals surface area contributed by atoms with E-state index in [1.807, 2.05) is 4.68 Å². The lowest BCUT2D eigenvalue weighted by molar-refractivity contribution is -0.225. The molecule has 6 rings (SSSR count). The number of hydrogen-bond donors (Lipinski definition) is 4. The zero-order chi connectivity index (χ0) is 32.1. The Kier molecular flexibility index (Phi) is 10.6. The van der Waals surface area contributed by atoms with Crippen LogP contribution in [0.5, 0.6) is 11.5 Å². The first-order chi connectivity index (χ1) is 22.5. The molecule has 1 aromatic heterocycles. The molecule has 0 spiro atoms. The van der Waals surface area contributed by atoms with Crippen molar-refractivity contribution in [3.05, 3.63) is 47.3 Å². The molecule has 1 saturated carbocycles. The van der Waals surface area contributed by atoms with Crippen LogP contribution >= 0.6 is 0 Å². The van der Waals surface area contributed by atoms with Crippen LogP contribution in [0.3, 0.4) is 0 Å². The Morgan fingerprint density at radius 1 is 1.09 bits per heavy atom. The highest BCUT2D eigenvalue weighted by Crippen LogP contribution is 2.62. The molecule has 11 nitrogen and oxygen atoms in total. The molecule has 2 aliphatic carbocycles. The third-order valence-corrected chi connectivity index (χ3v) is 10.4. The highest BCUT2D eigenvalue weighted by molar-refractivity contribution is 6.02. The average molecular weight is 639 g/mol. The van der Waals surface area contributed by atoms with Crippen LogP contribution in [0.1, 0.15) is 107 Å². The molecule has 0 radical (unpaired) electrons. The van der Waals surface area contributed by atoms with Crippen molar-refractivity contribution in [1.29, 1.82) is 0 Å². The van der Waals surface area contributed by atoms with Gasteiger partial charge in [-0.25, -0.2) is 4.68 Å². The third-order valence-electron chi connectivity index (χ3n) is 10.4. The molecule has 1 saturated heterocycles. The Bertz CT molecular complexity index is 1370. The summed E-state index contributed by atoms with van der Waals surface area (Å²) in [5.41, 5.74) is 3.43. The fourth-order valence-electron chi connectivity index (χ4n) is 8.19. The van der Waals surface area contributed by atoms with Crippen LogP contribution in [0.4, 0.5) is 0 Å². The second-order valence-corrected chi connectivity index (χ2v) is 13.4. The Hall–Kier alpha value is -2.99. The monoisotopic (exact) mass is 638 g/mol. The van der Waals surface area contributed by atoms with Gasteiger partial charge in [0.1, 0.15) is 17.5 Å². The number of aliphatic hydroxyl groups is 3. The minimum atomic E-state index is -1.68. The number of aromatic hydroxyl groups is 1. The van der Waals surface area contributed by atoms with Crippen molar-refractivity contribution in [3.63, 3.8) is 0 Å². The second kappa shape index (κ2) is 14.8. The molecule has 1 aromatic carbocycles. The van der Waals surface area contributed by atoms with Crippen LogP contribution in [0, 0.1) is 17.8 Å². The molecule has 4 N–H and O–H groups in total. The van der Waals surface area contributed by atoms with Crippen LogP contribution in [0.15, 0.2) is 41.2 Å². The summed E-state index contributed by atoms with van der Waals surface area (Å²) in [6, 6.07) is 4.51. The van der Waals surface area contributed by atoms with Crippen molar-refractivity contribution in [2.75, 3.05) is 19.8 Å². The van der Waals surface area contributed by atoms with Gasteiger partial charge in [0, 0.05) is 37.5 Å². The number of aryl methyl sites for hydroxylation is 1. The zero-order valence-electron chi connectivity index (χ0n) is 27.0. The molecular weight excluding hydrogens is 588 g/mol. The number of unbranched alkanes of at least 4 members (excludes halogenated alkanes) is 3.